The van der Waals surface area contributed by atoms with Crippen molar-refractivity contribution < 1.29 is 9.53 Å². The summed E-state index contributed by atoms with van der Waals surface area (Å²) >= 11 is 12.3. The minimum absolute atomic E-state index is 0.300. The van der Waals surface area contributed by atoms with Crippen LogP contribution >= 0.6 is 23.2 Å². The third-order valence-corrected chi connectivity index (χ3v) is 5.38. The first-order valence-corrected chi connectivity index (χ1v) is 11.4. The monoisotopic (exact) mass is 492 g/mol. The summed E-state index contributed by atoms with van der Waals surface area (Å²) in [5.41, 5.74) is 2.83. The van der Waals surface area contributed by atoms with Gasteiger partial charge in [-0.3, -0.25) is 4.79 Å². The molecular weight excluding hydrogens is 471 g/mol. The minimum Gasteiger partial charge on any atom is -0.494 e. The number of rotatable bonds is 7. The number of pyridine rings is 1. The van der Waals surface area contributed by atoms with Crippen molar-refractivity contribution in [1.29, 1.82) is 0 Å². The molecule has 0 unspecified atom stereocenters. The Morgan fingerprint density at radius 2 is 1.82 bits per heavy atom. The molecule has 0 saturated heterocycles. The summed E-state index contributed by atoms with van der Waals surface area (Å²) in [6.45, 7) is 4.35. The van der Waals surface area contributed by atoms with Gasteiger partial charge in [0.15, 0.2) is 5.82 Å². The summed E-state index contributed by atoms with van der Waals surface area (Å²) in [6, 6.07) is 20.4. The van der Waals surface area contributed by atoms with Gasteiger partial charge in [0, 0.05) is 17.8 Å². The van der Waals surface area contributed by atoms with Crippen LogP contribution in [0.4, 0.5) is 5.82 Å². The summed E-state index contributed by atoms with van der Waals surface area (Å²) in [4.78, 5) is 17.8. The minimum atomic E-state index is -0.300. The number of nitrogens with one attached hydrogen (secondary N) is 1. The summed E-state index contributed by atoms with van der Waals surface area (Å²) in [5.74, 6) is 1.28. The highest BCUT2D eigenvalue weighted by atomic mass is 35.5. The zero-order valence-corrected chi connectivity index (χ0v) is 20.1. The molecule has 2 aromatic heterocycles. The van der Waals surface area contributed by atoms with E-state index in [9.17, 15) is 4.79 Å². The van der Waals surface area contributed by atoms with Crippen molar-refractivity contribution in [2.75, 3.05) is 11.9 Å². The van der Waals surface area contributed by atoms with Crippen molar-refractivity contribution in [1.82, 2.24) is 14.8 Å². The SMILES string of the molecule is CCOc1ccc(/C=C(/C(=O)Nc2cc(C)nn2-c2ncc(Cl)cc2Cl)c2ccccc2)cc1. The van der Waals surface area contributed by atoms with E-state index < -0.39 is 0 Å². The Morgan fingerprint density at radius 3 is 2.50 bits per heavy atom. The number of ether oxygens (including phenoxy) is 1. The van der Waals surface area contributed by atoms with E-state index >= 15 is 0 Å². The second-order valence-electron chi connectivity index (χ2n) is 7.42. The second-order valence-corrected chi connectivity index (χ2v) is 8.27. The van der Waals surface area contributed by atoms with Crippen LogP contribution in [0, 0.1) is 6.92 Å². The lowest BCUT2D eigenvalue weighted by molar-refractivity contribution is -0.111. The number of carbonyl (C=O) groups is 1. The first-order valence-electron chi connectivity index (χ1n) is 10.6. The molecule has 0 saturated carbocycles. The molecule has 0 fully saturated rings. The Hall–Kier alpha value is -3.61. The number of amides is 1. The highest BCUT2D eigenvalue weighted by molar-refractivity contribution is 6.35. The molecule has 172 valence electrons. The van der Waals surface area contributed by atoms with E-state index in [0.29, 0.717) is 39.6 Å². The average molecular weight is 493 g/mol. The lowest BCUT2D eigenvalue weighted by Gasteiger charge is -2.12. The third-order valence-electron chi connectivity index (χ3n) is 4.89. The zero-order valence-electron chi connectivity index (χ0n) is 18.6. The van der Waals surface area contributed by atoms with Crippen LogP contribution in [0.2, 0.25) is 10.0 Å². The van der Waals surface area contributed by atoms with Crippen molar-refractivity contribution >= 4 is 46.6 Å². The number of aromatic nitrogens is 3. The third kappa shape index (κ3) is 5.47. The fourth-order valence-electron chi connectivity index (χ4n) is 3.39. The first kappa shape index (κ1) is 23.5. The summed E-state index contributed by atoms with van der Waals surface area (Å²) in [5, 5.41) is 8.13. The maximum absolute atomic E-state index is 13.5. The Morgan fingerprint density at radius 1 is 1.09 bits per heavy atom. The zero-order chi connectivity index (χ0) is 24.1. The van der Waals surface area contributed by atoms with Crippen LogP contribution in [0.15, 0.2) is 72.9 Å². The van der Waals surface area contributed by atoms with E-state index in [0.717, 1.165) is 16.9 Å². The van der Waals surface area contributed by atoms with Crippen LogP contribution < -0.4 is 10.1 Å². The average Bonchev–Trinajstić information content (AvgIpc) is 3.18. The van der Waals surface area contributed by atoms with Crippen molar-refractivity contribution in [3.05, 3.63) is 99.8 Å². The number of anilines is 1. The van der Waals surface area contributed by atoms with E-state index in [1.165, 1.54) is 10.9 Å². The van der Waals surface area contributed by atoms with E-state index in [4.69, 9.17) is 27.9 Å². The van der Waals surface area contributed by atoms with Crippen molar-refractivity contribution in [2.24, 2.45) is 0 Å². The van der Waals surface area contributed by atoms with Gasteiger partial charge >= 0.3 is 0 Å². The predicted molar refractivity (Wildman–Crippen MR) is 137 cm³/mol. The first-order chi connectivity index (χ1) is 16.4. The van der Waals surface area contributed by atoms with Crippen molar-refractivity contribution in [3.63, 3.8) is 0 Å². The number of carbonyl (C=O) groups excluding carboxylic acids is 1. The van der Waals surface area contributed by atoms with Crippen LogP contribution in [-0.2, 0) is 4.79 Å². The maximum atomic E-state index is 13.5. The standard InChI is InChI=1S/C26H22Cl2N4O2/c1-3-34-21-11-9-18(10-12-21)14-22(19-7-5-4-6-8-19)26(33)30-24-13-17(2)31-32(24)25-23(28)15-20(27)16-29-25/h4-16H,3H2,1-2H3,(H,30,33)/b22-14+. The summed E-state index contributed by atoms with van der Waals surface area (Å²) < 4.78 is 7.01. The smallest absolute Gasteiger partial charge is 0.257 e. The normalized spacial score (nSPS) is 11.4. The number of aryl methyl sites for hydroxylation is 1. The molecule has 1 amide bonds. The van der Waals surface area contributed by atoms with Crippen LogP contribution in [-0.4, -0.2) is 27.3 Å². The van der Waals surface area contributed by atoms with Gasteiger partial charge in [-0.2, -0.15) is 9.78 Å². The Bertz CT molecular complexity index is 1330. The fraction of sp³-hybridized carbons (Fsp3) is 0.115. The van der Waals surface area contributed by atoms with E-state index in [1.54, 1.807) is 12.1 Å². The van der Waals surface area contributed by atoms with Crippen molar-refractivity contribution in [3.8, 4) is 11.6 Å². The molecule has 34 heavy (non-hydrogen) atoms. The molecule has 2 aromatic carbocycles. The van der Waals surface area contributed by atoms with Crippen LogP contribution in [0.1, 0.15) is 23.7 Å². The molecule has 4 aromatic rings. The lowest BCUT2D eigenvalue weighted by atomic mass is 10.0. The van der Waals surface area contributed by atoms with Gasteiger partial charge in [0.2, 0.25) is 0 Å². The molecule has 0 aliphatic carbocycles. The predicted octanol–water partition coefficient (Wildman–Crippen LogP) is 6.46. The topological polar surface area (TPSA) is 69.0 Å². The van der Waals surface area contributed by atoms with Crippen LogP contribution in [0.3, 0.4) is 0 Å². The van der Waals surface area contributed by atoms with E-state index in [1.807, 2.05) is 74.5 Å². The number of halogens is 2. The maximum Gasteiger partial charge on any atom is 0.257 e. The molecule has 0 radical (unpaired) electrons. The molecule has 0 aliphatic heterocycles. The molecular formula is C26H22Cl2N4O2. The Labute approximate surface area is 207 Å². The lowest BCUT2D eigenvalue weighted by Crippen LogP contribution is -2.17. The molecule has 4 rings (SSSR count). The van der Waals surface area contributed by atoms with Gasteiger partial charge in [-0.25, -0.2) is 4.98 Å². The Kier molecular flexibility index (Phi) is 7.30. The van der Waals surface area contributed by atoms with Crippen LogP contribution in [0.5, 0.6) is 5.75 Å². The highest BCUT2D eigenvalue weighted by Gasteiger charge is 2.18. The molecule has 1 N–H and O–H groups in total. The molecule has 0 bridgehead atoms. The van der Waals surface area contributed by atoms with Gasteiger partial charge in [-0.1, -0.05) is 65.7 Å². The van der Waals surface area contributed by atoms with Crippen molar-refractivity contribution in [2.45, 2.75) is 13.8 Å². The molecule has 0 spiro atoms. The van der Waals surface area contributed by atoms with Gasteiger partial charge in [-0.15, -0.1) is 0 Å². The molecule has 6 nitrogen and oxygen atoms in total. The van der Waals surface area contributed by atoms with Gasteiger partial charge < -0.3 is 10.1 Å². The van der Waals surface area contributed by atoms with Gasteiger partial charge in [0.05, 0.1) is 22.3 Å². The van der Waals surface area contributed by atoms with Crippen LogP contribution in [0.25, 0.3) is 17.5 Å². The molecule has 0 aliphatic rings. The number of nitrogens with zero attached hydrogens (tertiary/aromatic N) is 3. The number of benzene rings is 2. The van der Waals surface area contributed by atoms with Gasteiger partial charge in [-0.05, 0) is 49.2 Å². The summed E-state index contributed by atoms with van der Waals surface area (Å²) in [7, 11) is 0. The highest BCUT2D eigenvalue weighted by Crippen LogP contribution is 2.27. The molecule has 8 heteroatoms. The molecule has 2 heterocycles. The quantitative estimate of drug-likeness (QED) is 0.237. The second kappa shape index (κ2) is 10.5. The fourth-order valence-corrected chi connectivity index (χ4v) is 3.85. The van der Waals surface area contributed by atoms with E-state index in [2.05, 4.69) is 15.4 Å². The molecule has 0 atom stereocenters. The van der Waals surface area contributed by atoms with E-state index in [-0.39, 0.29) is 5.91 Å². The van der Waals surface area contributed by atoms with Gasteiger partial charge in [0.25, 0.3) is 5.91 Å². The number of hydrogen-bond acceptors (Lipinski definition) is 4. The largest absolute Gasteiger partial charge is 0.494 e. The number of hydrogen-bond donors (Lipinski definition) is 1. The van der Waals surface area contributed by atoms with Gasteiger partial charge in [0.1, 0.15) is 11.6 Å². The summed E-state index contributed by atoms with van der Waals surface area (Å²) in [6.07, 6.45) is 3.31. The Balaban J connectivity index is 1.70.